The van der Waals surface area contributed by atoms with Crippen LogP contribution in [0.5, 0.6) is 0 Å². The summed E-state index contributed by atoms with van der Waals surface area (Å²) in [4.78, 5) is 10.2. The van der Waals surface area contributed by atoms with Crippen molar-refractivity contribution < 1.29 is 13.3 Å². The highest BCUT2D eigenvalue weighted by Crippen LogP contribution is 2.27. The number of aryl methyl sites for hydroxylation is 2. The smallest absolute Gasteiger partial charge is 0.289 e. The number of nitrogens with one attached hydrogen (secondary N) is 1. The Morgan fingerprint density at radius 2 is 1.78 bits per heavy atom. The number of rotatable bonds is 7. The minimum Gasteiger partial charge on any atom is -0.329 e. The van der Waals surface area contributed by atoms with Crippen molar-refractivity contribution in [1.29, 1.82) is 0 Å². The van der Waals surface area contributed by atoms with Crippen LogP contribution in [0.25, 0.3) is 0 Å². The molecule has 0 radical (unpaired) electrons. The standard InChI is InChI=1S/C14H23N3O4S.ClH/c1-9(2)5-12(8-15)16-22(20,21)14-7-11(4)10(3)6-13(14)17(18)19;/h6-7,9,12,16H,5,8,15H2,1-4H3;1H. The largest absolute Gasteiger partial charge is 0.329 e. The van der Waals surface area contributed by atoms with E-state index in [0.29, 0.717) is 17.5 Å². The molecule has 1 unspecified atom stereocenters. The number of hydrogen-bond acceptors (Lipinski definition) is 5. The third kappa shape index (κ3) is 5.72. The molecule has 0 bridgehead atoms. The van der Waals surface area contributed by atoms with E-state index in [1.807, 2.05) is 13.8 Å². The second-order valence-electron chi connectivity index (χ2n) is 5.84. The molecule has 1 aromatic carbocycles. The van der Waals surface area contributed by atoms with Crippen LogP contribution in [-0.2, 0) is 10.0 Å². The molecule has 1 aromatic rings. The molecule has 132 valence electrons. The topological polar surface area (TPSA) is 115 Å². The quantitative estimate of drug-likeness (QED) is 0.568. The molecule has 0 heterocycles. The number of nitro benzene ring substituents is 1. The second kappa shape index (κ2) is 8.58. The van der Waals surface area contributed by atoms with Gasteiger partial charge in [-0.15, -0.1) is 12.4 Å². The zero-order valence-electron chi connectivity index (χ0n) is 13.7. The van der Waals surface area contributed by atoms with Crippen LogP contribution in [0.3, 0.4) is 0 Å². The summed E-state index contributed by atoms with van der Waals surface area (Å²) < 4.78 is 27.5. The van der Waals surface area contributed by atoms with Gasteiger partial charge in [-0.2, -0.15) is 0 Å². The molecule has 0 aliphatic rings. The van der Waals surface area contributed by atoms with Crippen molar-refractivity contribution in [2.45, 2.75) is 45.1 Å². The maximum atomic E-state index is 12.5. The fraction of sp³-hybridized carbons (Fsp3) is 0.571. The van der Waals surface area contributed by atoms with Crippen LogP contribution in [-0.4, -0.2) is 25.9 Å². The van der Waals surface area contributed by atoms with Gasteiger partial charge in [-0.3, -0.25) is 10.1 Å². The summed E-state index contributed by atoms with van der Waals surface area (Å²) in [5.41, 5.74) is 6.53. The van der Waals surface area contributed by atoms with Crippen molar-refractivity contribution in [2.75, 3.05) is 6.54 Å². The molecule has 0 aliphatic carbocycles. The first-order valence-electron chi connectivity index (χ1n) is 7.06. The zero-order chi connectivity index (χ0) is 17.1. The Kier molecular flexibility index (Phi) is 8.13. The summed E-state index contributed by atoms with van der Waals surface area (Å²) in [6.07, 6.45) is 0.564. The first-order valence-corrected chi connectivity index (χ1v) is 8.54. The molecular weight excluding hydrogens is 342 g/mol. The summed E-state index contributed by atoms with van der Waals surface area (Å²) in [5.74, 6) is 0.256. The van der Waals surface area contributed by atoms with Gasteiger partial charge < -0.3 is 5.73 Å². The van der Waals surface area contributed by atoms with E-state index in [9.17, 15) is 18.5 Å². The van der Waals surface area contributed by atoms with Gasteiger partial charge in [-0.25, -0.2) is 13.1 Å². The average molecular weight is 366 g/mol. The first kappa shape index (κ1) is 21.8. The minimum atomic E-state index is -4.00. The molecule has 0 amide bonds. The lowest BCUT2D eigenvalue weighted by molar-refractivity contribution is -0.387. The predicted molar refractivity (Wildman–Crippen MR) is 92.4 cm³/mol. The van der Waals surface area contributed by atoms with E-state index in [-0.39, 0.29) is 29.8 Å². The summed E-state index contributed by atoms with van der Waals surface area (Å²) >= 11 is 0. The Hall–Kier alpha value is -1.22. The average Bonchev–Trinajstić information content (AvgIpc) is 2.39. The van der Waals surface area contributed by atoms with Crippen molar-refractivity contribution in [3.05, 3.63) is 33.4 Å². The van der Waals surface area contributed by atoms with Crippen LogP contribution in [0, 0.1) is 29.9 Å². The highest BCUT2D eigenvalue weighted by Gasteiger charge is 2.28. The molecular formula is C14H24ClN3O4S. The number of nitrogens with zero attached hydrogens (tertiary/aromatic N) is 1. The Labute approximate surface area is 143 Å². The maximum absolute atomic E-state index is 12.5. The minimum absolute atomic E-state index is 0. The van der Waals surface area contributed by atoms with Crippen LogP contribution >= 0.6 is 12.4 Å². The van der Waals surface area contributed by atoms with Gasteiger partial charge in [0.05, 0.1) is 4.92 Å². The normalized spacial score (nSPS) is 12.8. The van der Waals surface area contributed by atoms with Crippen LogP contribution < -0.4 is 10.5 Å². The van der Waals surface area contributed by atoms with E-state index in [1.54, 1.807) is 13.8 Å². The van der Waals surface area contributed by atoms with Gasteiger partial charge in [0.2, 0.25) is 10.0 Å². The molecule has 0 saturated carbocycles. The molecule has 7 nitrogen and oxygen atoms in total. The molecule has 1 atom stereocenters. The van der Waals surface area contributed by atoms with E-state index in [0.717, 1.165) is 0 Å². The lowest BCUT2D eigenvalue weighted by atomic mass is 10.1. The fourth-order valence-corrected chi connectivity index (χ4v) is 3.68. The van der Waals surface area contributed by atoms with Crippen LogP contribution in [0.2, 0.25) is 0 Å². The van der Waals surface area contributed by atoms with Crippen molar-refractivity contribution in [3.8, 4) is 0 Å². The molecule has 0 spiro atoms. The van der Waals surface area contributed by atoms with Gasteiger partial charge in [0.25, 0.3) is 5.69 Å². The van der Waals surface area contributed by atoms with Crippen molar-refractivity contribution in [2.24, 2.45) is 11.7 Å². The molecule has 23 heavy (non-hydrogen) atoms. The Balaban J connectivity index is 0.00000484. The van der Waals surface area contributed by atoms with E-state index < -0.39 is 26.7 Å². The van der Waals surface area contributed by atoms with Gasteiger partial charge in [0.1, 0.15) is 0 Å². The SMILES string of the molecule is Cc1cc([N+](=O)[O-])c(S(=O)(=O)NC(CN)CC(C)C)cc1C.Cl. The highest BCUT2D eigenvalue weighted by molar-refractivity contribution is 7.89. The van der Waals surface area contributed by atoms with E-state index >= 15 is 0 Å². The number of nitro groups is 1. The van der Waals surface area contributed by atoms with Crippen molar-refractivity contribution >= 4 is 28.1 Å². The van der Waals surface area contributed by atoms with Gasteiger partial charge in [0, 0.05) is 18.7 Å². The Morgan fingerprint density at radius 3 is 2.22 bits per heavy atom. The summed E-state index contributed by atoms with van der Waals surface area (Å²) in [6.45, 7) is 7.46. The number of halogens is 1. The van der Waals surface area contributed by atoms with E-state index in [1.165, 1.54) is 12.1 Å². The van der Waals surface area contributed by atoms with Gasteiger partial charge in [-0.05, 0) is 43.4 Å². The number of nitrogens with two attached hydrogens (primary N) is 1. The van der Waals surface area contributed by atoms with Crippen LogP contribution in [0.4, 0.5) is 5.69 Å². The molecule has 9 heteroatoms. The third-order valence-electron chi connectivity index (χ3n) is 3.42. The second-order valence-corrected chi connectivity index (χ2v) is 7.53. The van der Waals surface area contributed by atoms with Crippen LogP contribution in [0.15, 0.2) is 17.0 Å². The molecule has 0 aliphatic heterocycles. The monoisotopic (exact) mass is 365 g/mol. The number of benzene rings is 1. The lowest BCUT2D eigenvalue weighted by Crippen LogP contribution is -2.41. The lowest BCUT2D eigenvalue weighted by Gasteiger charge is -2.19. The predicted octanol–water partition coefficient (Wildman–Crippen LogP) is 2.29. The third-order valence-corrected chi connectivity index (χ3v) is 4.97. The van der Waals surface area contributed by atoms with E-state index in [2.05, 4.69) is 4.72 Å². The zero-order valence-corrected chi connectivity index (χ0v) is 15.3. The molecule has 0 fully saturated rings. The summed E-state index contributed by atoms with van der Waals surface area (Å²) in [7, 11) is -4.00. The van der Waals surface area contributed by atoms with Gasteiger partial charge >= 0.3 is 0 Å². The van der Waals surface area contributed by atoms with Gasteiger partial charge in [0.15, 0.2) is 4.90 Å². The fourth-order valence-electron chi connectivity index (χ4n) is 2.18. The molecule has 0 aromatic heterocycles. The molecule has 3 N–H and O–H groups in total. The number of hydrogen-bond donors (Lipinski definition) is 2. The van der Waals surface area contributed by atoms with Crippen molar-refractivity contribution in [3.63, 3.8) is 0 Å². The maximum Gasteiger partial charge on any atom is 0.289 e. The molecule has 1 rings (SSSR count). The summed E-state index contributed by atoms with van der Waals surface area (Å²) in [5, 5.41) is 11.2. The Bertz CT molecular complexity index is 662. The molecule has 0 saturated heterocycles. The van der Waals surface area contributed by atoms with Gasteiger partial charge in [-0.1, -0.05) is 13.8 Å². The van der Waals surface area contributed by atoms with Crippen molar-refractivity contribution in [1.82, 2.24) is 4.72 Å². The first-order chi connectivity index (χ1) is 10.1. The van der Waals surface area contributed by atoms with E-state index in [4.69, 9.17) is 5.73 Å². The number of sulfonamides is 1. The van der Waals surface area contributed by atoms with Crippen LogP contribution in [0.1, 0.15) is 31.4 Å². The Morgan fingerprint density at radius 1 is 1.26 bits per heavy atom. The highest BCUT2D eigenvalue weighted by atomic mass is 35.5. The summed E-state index contributed by atoms with van der Waals surface area (Å²) in [6, 6.07) is 2.16.